The van der Waals surface area contributed by atoms with E-state index in [2.05, 4.69) is 5.32 Å². The monoisotopic (exact) mass is 290 g/mol. The van der Waals surface area contributed by atoms with E-state index in [0.717, 1.165) is 0 Å². The Labute approximate surface area is 120 Å². The minimum Gasteiger partial charge on any atom is -0.493 e. The second-order valence-electron chi connectivity index (χ2n) is 4.02. The second kappa shape index (κ2) is 6.72. The van der Waals surface area contributed by atoms with Crippen molar-refractivity contribution in [1.82, 2.24) is 0 Å². The lowest BCUT2D eigenvalue weighted by atomic mass is 10.3. The van der Waals surface area contributed by atoms with Crippen LogP contribution in [0.4, 0.5) is 5.69 Å². The van der Waals surface area contributed by atoms with Crippen LogP contribution in [0.25, 0.3) is 0 Å². The topological polar surface area (TPSA) is 81.4 Å². The lowest BCUT2D eigenvalue weighted by molar-refractivity contribution is -0.118. The molecule has 1 aromatic carbocycles. The molecule has 0 aliphatic rings. The van der Waals surface area contributed by atoms with Gasteiger partial charge in [0.25, 0.3) is 5.91 Å². The molecule has 20 heavy (non-hydrogen) atoms. The number of anilines is 1. The van der Waals surface area contributed by atoms with Crippen molar-refractivity contribution < 1.29 is 14.3 Å². The molecule has 0 aliphatic heterocycles. The Balaban J connectivity index is 1.88. The minimum absolute atomic E-state index is 0.137. The summed E-state index contributed by atoms with van der Waals surface area (Å²) in [5.74, 6) is 0.0904. The zero-order valence-electron chi connectivity index (χ0n) is 10.7. The Morgan fingerprint density at radius 2 is 1.95 bits per heavy atom. The van der Waals surface area contributed by atoms with Crippen molar-refractivity contribution in [2.24, 2.45) is 5.73 Å². The van der Waals surface area contributed by atoms with Gasteiger partial charge in [-0.15, -0.1) is 11.3 Å². The molecular weight excluding hydrogens is 276 g/mol. The van der Waals surface area contributed by atoms with Crippen molar-refractivity contribution >= 4 is 28.8 Å². The van der Waals surface area contributed by atoms with Crippen molar-refractivity contribution in [3.63, 3.8) is 0 Å². The summed E-state index contributed by atoms with van der Waals surface area (Å²) in [5, 5.41) is 4.64. The molecule has 0 saturated heterocycles. The Morgan fingerprint density at radius 3 is 2.55 bits per heavy atom. The van der Waals surface area contributed by atoms with Crippen molar-refractivity contribution in [2.75, 3.05) is 11.9 Å². The highest BCUT2D eigenvalue weighted by Gasteiger charge is 2.06. The first kappa shape index (κ1) is 14.1. The lowest BCUT2D eigenvalue weighted by Gasteiger charge is -2.07. The molecule has 2 aromatic rings. The highest BCUT2D eigenvalue weighted by Crippen LogP contribution is 2.17. The molecule has 2 rings (SSSR count). The van der Waals surface area contributed by atoms with Crippen molar-refractivity contribution in [3.05, 3.63) is 46.7 Å². The third-order valence-electron chi connectivity index (χ3n) is 2.47. The van der Waals surface area contributed by atoms with Gasteiger partial charge in [-0.25, -0.2) is 0 Å². The molecule has 1 heterocycles. The molecule has 0 fully saturated rings. The molecule has 0 unspecified atom stereocenters. The summed E-state index contributed by atoms with van der Waals surface area (Å²) in [6.45, 7) is 0.246. The fourth-order valence-corrected chi connectivity index (χ4v) is 2.12. The number of ether oxygens (including phenoxy) is 1. The fourth-order valence-electron chi connectivity index (χ4n) is 1.50. The molecular formula is C14H14N2O3S. The van der Waals surface area contributed by atoms with Gasteiger partial charge in [0.1, 0.15) is 5.75 Å². The number of hydrogen-bond donors (Lipinski definition) is 2. The highest BCUT2D eigenvalue weighted by molar-refractivity contribution is 7.12. The number of nitrogens with one attached hydrogen (secondary N) is 1. The van der Waals surface area contributed by atoms with Crippen LogP contribution in [0, 0.1) is 0 Å². The number of benzene rings is 1. The number of rotatable bonds is 6. The number of carbonyl (C=O) groups excluding carboxylic acids is 2. The largest absolute Gasteiger partial charge is 0.493 e. The molecule has 104 valence electrons. The predicted molar refractivity (Wildman–Crippen MR) is 78.0 cm³/mol. The van der Waals surface area contributed by atoms with Gasteiger partial charge in [0.2, 0.25) is 5.91 Å². The van der Waals surface area contributed by atoms with Gasteiger partial charge in [0, 0.05) is 5.69 Å². The Kier molecular flexibility index (Phi) is 4.73. The number of amides is 2. The van der Waals surface area contributed by atoms with Crippen molar-refractivity contribution in [2.45, 2.75) is 6.42 Å². The lowest BCUT2D eigenvalue weighted by Crippen LogP contribution is -2.14. The van der Waals surface area contributed by atoms with Gasteiger partial charge in [0.15, 0.2) is 0 Å². The van der Waals surface area contributed by atoms with E-state index in [0.29, 0.717) is 16.3 Å². The SMILES string of the molecule is NC(=O)CCOc1ccc(NC(=O)c2cccs2)cc1. The van der Waals surface area contributed by atoms with E-state index in [1.807, 2.05) is 11.4 Å². The summed E-state index contributed by atoms with van der Waals surface area (Å²) in [5.41, 5.74) is 5.70. The van der Waals surface area contributed by atoms with E-state index >= 15 is 0 Å². The number of nitrogens with two attached hydrogens (primary N) is 1. The molecule has 6 heteroatoms. The average molecular weight is 290 g/mol. The predicted octanol–water partition coefficient (Wildman–Crippen LogP) is 2.25. The maximum atomic E-state index is 11.8. The van der Waals surface area contributed by atoms with Crippen LogP contribution in [0.3, 0.4) is 0 Å². The first-order valence-electron chi connectivity index (χ1n) is 6.01. The standard InChI is InChI=1S/C14H14N2O3S/c15-13(17)7-8-19-11-5-3-10(4-6-11)16-14(18)12-2-1-9-20-12/h1-6,9H,7-8H2,(H2,15,17)(H,16,18). The zero-order valence-corrected chi connectivity index (χ0v) is 11.5. The number of primary amides is 1. The van der Waals surface area contributed by atoms with Gasteiger partial charge in [-0.2, -0.15) is 0 Å². The number of hydrogen-bond acceptors (Lipinski definition) is 4. The van der Waals surface area contributed by atoms with E-state index in [-0.39, 0.29) is 18.9 Å². The van der Waals surface area contributed by atoms with Crippen LogP contribution in [0.1, 0.15) is 16.1 Å². The van der Waals surface area contributed by atoms with Crippen LogP contribution in [0.15, 0.2) is 41.8 Å². The van der Waals surface area contributed by atoms with Gasteiger partial charge in [-0.1, -0.05) is 6.07 Å². The van der Waals surface area contributed by atoms with Crippen LogP contribution in [0.2, 0.25) is 0 Å². The van der Waals surface area contributed by atoms with Gasteiger partial charge in [-0.05, 0) is 35.7 Å². The third-order valence-corrected chi connectivity index (χ3v) is 3.34. The normalized spacial score (nSPS) is 10.0. The van der Waals surface area contributed by atoms with Crippen molar-refractivity contribution in [1.29, 1.82) is 0 Å². The van der Waals surface area contributed by atoms with Gasteiger partial charge >= 0.3 is 0 Å². The van der Waals surface area contributed by atoms with E-state index in [1.165, 1.54) is 11.3 Å². The van der Waals surface area contributed by atoms with Gasteiger partial charge < -0.3 is 15.8 Å². The minimum atomic E-state index is -0.398. The first-order chi connectivity index (χ1) is 9.65. The molecule has 0 aliphatic carbocycles. The highest BCUT2D eigenvalue weighted by atomic mass is 32.1. The van der Waals surface area contributed by atoms with E-state index in [1.54, 1.807) is 30.3 Å². The molecule has 2 amide bonds. The van der Waals surface area contributed by atoms with E-state index in [4.69, 9.17) is 10.5 Å². The van der Waals surface area contributed by atoms with Crippen LogP contribution in [-0.2, 0) is 4.79 Å². The van der Waals surface area contributed by atoms with Crippen molar-refractivity contribution in [3.8, 4) is 5.75 Å². The van der Waals surface area contributed by atoms with E-state index < -0.39 is 5.91 Å². The molecule has 0 atom stereocenters. The molecule has 0 radical (unpaired) electrons. The van der Waals surface area contributed by atoms with Gasteiger partial charge in [0.05, 0.1) is 17.9 Å². The van der Waals surface area contributed by atoms with Crippen LogP contribution in [0.5, 0.6) is 5.75 Å². The maximum Gasteiger partial charge on any atom is 0.265 e. The summed E-state index contributed by atoms with van der Waals surface area (Å²) in [7, 11) is 0. The first-order valence-corrected chi connectivity index (χ1v) is 6.89. The summed E-state index contributed by atoms with van der Waals surface area (Å²) in [4.78, 5) is 23.1. The molecule has 1 aromatic heterocycles. The Morgan fingerprint density at radius 1 is 1.20 bits per heavy atom. The fraction of sp³-hybridized carbons (Fsp3) is 0.143. The summed E-state index contributed by atoms with van der Waals surface area (Å²) in [6.07, 6.45) is 0.177. The van der Waals surface area contributed by atoms with Crippen LogP contribution < -0.4 is 15.8 Å². The Bertz CT molecular complexity index is 579. The third kappa shape index (κ3) is 4.10. The molecule has 3 N–H and O–H groups in total. The molecule has 0 spiro atoms. The molecule has 5 nitrogen and oxygen atoms in total. The van der Waals surface area contributed by atoms with Crippen LogP contribution >= 0.6 is 11.3 Å². The Hall–Kier alpha value is -2.34. The smallest absolute Gasteiger partial charge is 0.265 e. The zero-order chi connectivity index (χ0) is 14.4. The average Bonchev–Trinajstić information content (AvgIpc) is 2.94. The number of thiophene rings is 1. The van der Waals surface area contributed by atoms with Crippen LogP contribution in [-0.4, -0.2) is 18.4 Å². The van der Waals surface area contributed by atoms with E-state index in [9.17, 15) is 9.59 Å². The molecule has 0 bridgehead atoms. The summed E-state index contributed by atoms with van der Waals surface area (Å²) >= 11 is 1.39. The maximum absolute atomic E-state index is 11.8. The molecule has 0 saturated carbocycles. The summed E-state index contributed by atoms with van der Waals surface area (Å²) < 4.78 is 5.34. The second-order valence-corrected chi connectivity index (χ2v) is 4.97. The number of carbonyl (C=O) groups is 2. The van der Waals surface area contributed by atoms with Gasteiger partial charge in [-0.3, -0.25) is 9.59 Å². The summed E-state index contributed by atoms with van der Waals surface area (Å²) in [6, 6.07) is 10.5. The quantitative estimate of drug-likeness (QED) is 0.856.